The van der Waals surface area contributed by atoms with Crippen molar-refractivity contribution in [2.24, 2.45) is 0 Å². The van der Waals surface area contributed by atoms with Gasteiger partial charge >= 0.3 is 0 Å². The van der Waals surface area contributed by atoms with Gasteiger partial charge in [-0.25, -0.2) is 4.98 Å². The topological polar surface area (TPSA) is 28.2 Å². The van der Waals surface area contributed by atoms with E-state index < -0.39 is 0 Å². The molecule has 0 atom stereocenters. The lowest BCUT2D eigenvalue weighted by molar-refractivity contribution is 0.586. The maximum Gasteiger partial charge on any atom is 0.128 e. The smallest absolute Gasteiger partial charge is 0.128 e. The monoisotopic (exact) mass is 291 g/mol. The van der Waals surface area contributed by atoms with Gasteiger partial charge in [0.15, 0.2) is 0 Å². The first kappa shape index (κ1) is 18.0. The van der Waals surface area contributed by atoms with Gasteiger partial charge in [0.1, 0.15) is 5.82 Å². The molecule has 0 spiro atoms. The Balaban J connectivity index is 2.76. The van der Waals surface area contributed by atoms with Gasteiger partial charge in [-0.2, -0.15) is 0 Å². The summed E-state index contributed by atoms with van der Waals surface area (Å²) in [7, 11) is 0. The zero-order chi connectivity index (χ0) is 15.7. The lowest BCUT2D eigenvalue weighted by atomic mass is 10.2. The SMILES string of the molecule is CCCCN(CCCC)c1ccc(CNC(C)C)c(C)n1. The summed E-state index contributed by atoms with van der Waals surface area (Å²) < 4.78 is 0. The number of hydrogen-bond acceptors (Lipinski definition) is 3. The minimum Gasteiger partial charge on any atom is -0.357 e. The van der Waals surface area contributed by atoms with E-state index >= 15 is 0 Å². The molecule has 0 saturated heterocycles. The van der Waals surface area contributed by atoms with Crippen LogP contribution in [0.2, 0.25) is 0 Å². The Morgan fingerprint density at radius 1 is 1.10 bits per heavy atom. The van der Waals surface area contributed by atoms with Crippen LogP contribution in [0, 0.1) is 6.92 Å². The zero-order valence-corrected chi connectivity index (χ0v) is 14.6. The fourth-order valence-electron chi connectivity index (χ4n) is 2.29. The highest BCUT2D eigenvalue weighted by Gasteiger charge is 2.09. The molecule has 1 rings (SSSR count). The third-order valence-corrected chi connectivity index (χ3v) is 3.77. The highest BCUT2D eigenvalue weighted by Crippen LogP contribution is 2.16. The molecule has 0 amide bonds. The molecule has 1 heterocycles. The second kappa shape index (κ2) is 9.78. The Kier molecular flexibility index (Phi) is 8.36. The molecular formula is C18H33N3. The lowest BCUT2D eigenvalue weighted by Crippen LogP contribution is -2.27. The van der Waals surface area contributed by atoms with E-state index in [9.17, 15) is 0 Å². The molecule has 3 heteroatoms. The van der Waals surface area contributed by atoms with Gasteiger partial charge in [0, 0.05) is 31.4 Å². The van der Waals surface area contributed by atoms with Crippen LogP contribution >= 0.6 is 0 Å². The van der Waals surface area contributed by atoms with E-state index in [1.54, 1.807) is 0 Å². The van der Waals surface area contributed by atoms with Crippen molar-refractivity contribution in [3.05, 3.63) is 23.4 Å². The van der Waals surface area contributed by atoms with Crippen molar-refractivity contribution in [2.45, 2.75) is 72.9 Å². The van der Waals surface area contributed by atoms with Gasteiger partial charge in [-0.3, -0.25) is 0 Å². The van der Waals surface area contributed by atoms with Gasteiger partial charge in [0.2, 0.25) is 0 Å². The van der Waals surface area contributed by atoms with E-state index in [2.05, 4.69) is 57.0 Å². The van der Waals surface area contributed by atoms with Crippen molar-refractivity contribution in [1.29, 1.82) is 0 Å². The molecule has 0 aliphatic carbocycles. The van der Waals surface area contributed by atoms with Crippen LogP contribution in [0.5, 0.6) is 0 Å². The van der Waals surface area contributed by atoms with Crippen LogP contribution in [0.25, 0.3) is 0 Å². The number of hydrogen-bond donors (Lipinski definition) is 1. The van der Waals surface area contributed by atoms with Crippen LogP contribution < -0.4 is 10.2 Å². The Morgan fingerprint density at radius 3 is 2.19 bits per heavy atom. The van der Waals surface area contributed by atoms with Gasteiger partial charge < -0.3 is 10.2 Å². The summed E-state index contributed by atoms with van der Waals surface area (Å²) in [5.74, 6) is 1.14. The van der Waals surface area contributed by atoms with E-state index in [1.165, 1.54) is 31.2 Å². The molecule has 1 aromatic heterocycles. The molecule has 0 bridgehead atoms. The summed E-state index contributed by atoms with van der Waals surface area (Å²) in [4.78, 5) is 7.29. The third kappa shape index (κ3) is 6.47. The van der Waals surface area contributed by atoms with Crippen molar-refractivity contribution in [3.8, 4) is 0 Å². The molecule has 3 nitrogen and oxygen atoms in total. The van der Waals surface area contributed by atoms with Gasteiger partial charge in [-0.15, -0.1) is 0 Å². The molecular weight excluding hydrogens is 258 g/mol. The van der Waals surface area contributed by atoms with Crippen LogP contribution in [-0.2, 0) is 6.54 Å². The van der Waals surface area contributed by atoms with Crippen molar-refractivity contribution >= 4 is 5.82 Å². The molecule has 1 N–H and O–H groups in total. The lowest BCUT2D eigenvalue weighted by Gasteiger charge is -2.24. The minimum absolute atomic E-state index is 0.509. The molecule has 0 aliphatic heterocycles. The number of nitrogens with one attached hydrogen (secondary N) is 1. The Labute approximate surface area is 131 Å². The van der Waals surface area contributed by atoms with E-state index in [0.717, 1.165) is 31.1 Å². The van der Waals surface area contributed by atoms with Gasteiger partial charge in [0.05, 0.1) is 0 Å². The van der Waals surface area contributed by atoms with Gasteiger partial charge in [-0.05, 0) is 31.4 Å². The van der Waals surface area contributed by atoms with E-state index in [-0.39, 0.29) is 0 Å². The Morgan fingerprint density at radius 2 is 1.71 bits per heavy atom. The zero-order valence-electron chi connectivity index (χ0n) is 14.6. The number of rotatable bonds is 10. The fourth-order valence-corrected chi connectivity index (χ4v) is 2.29. The van der Waals surface area contributed by atoms with Gasteiger partial charge in [-0.1, -0.05) is 46.6 Å². The number of aryl methyl sites for hydroxylation is 1. The highest BCUT2D eigenvalue weighted by atomic mass is 15.2. The van der Waals surface area contributed by atoms with Crippen molar-refractivity contribution in [1.82, 2.24) is 10.3 Å². The Bertz CT molecular complexity index is 393. The maximum atomic E-state index is 4.84. The number of pyridine rings is 1. The van der Waals surface area contributed by atoms with E-state index in [4.69, 9.17) is 4.98 Å². The number of nitrogens with zero attached hydrogens (tertiary/aromatic N) is 2. The number of aromatic nitrogens is 1. The molecule has 0 fully saturated rings. The van der Waals surface area contributed by atoms with Crippen molar-refractivity contribution < 1.29 is 0 Å². The largest absolute Gasteiger partial charge is 0.357 e. The molecule has 21 heavy (non-hydrogen) atoms. The minimum atomic E-state index is 0.509. The average molecular weight is 291 g/mol. The molecule has 0 aliphatic rings. The summed E-state index contributed by atoms with van der Waals surface area (Å²) in [6.07, 6.45) is 4.94. The summed E-state index contributed by atoms with van der Waals surface area (Å²) in [5, 5.41) is 3.47. The third-order valence-electron chi connectivity index (χ3n) is 3.77. The second-order valence-corrected chi connectivity index (χ2v) is 6.14. The first-order valence-electron chi connectivity index (χ1n) is 8.53. The van der Waals surface area contributed by atoms with Crippen LogP contribution in [0.3, 0.4) is 0 Å². The highest BCUT2D eigenvalue weighted by molar-refractivity contribution is 5.41. The van der Waals surface area contributed by atoms with Crippen LogP contribution in [0.15, 0.2) is 12.1 Å². The summed E-state index contributed by atoms with van der Waals surface area (Å²) in [6.45, 7) is 14.1. The van der Waals surface area contributed by atoms with Gasteiger partial charge in [0.25, 0.3) is 0 Å². The van der Waals surface area contributed by atoms with E-state index in [1.807, 2.05) is 0 Å². The Hall–Kier alpha value is -1.09. The molecule has 0 aromatic carbocycles. The average Bonchev–Trinajstić information content (AvgIpc) is 2.46. The van der Waals surface area contributed by atoms with Crippen LogP contribution in [-0.4, -0.2) is 24.1 Å². The van der Waals surface area contributed by atoms with E-state index in [0.29, 0.717) is 6.04 Å². The molecule has 0 saturated carbocycles. The second-order valence-electron chi connectivity index (χ2n) is 6.14. The molecule has 1 aromatic rings. The fraction of sp³-hybridized carbons (Fsp3) is 0.722. The predicted octanol–water partition coefficient (Wildman–Crippen LogP) is 4.29. The first-order valence-corrected chi connectivity index (χ1v) is 8.53. The summed E-state index contributed by atoms with van der Waals surface area (Å²) >= 11 is 0. The molecule has 0 radical (unpaired) electrons. The maximum absolute atomic E-state index is 4.84. The quantitative estimate of drug-likeness (QED) is 0.697. The molecule has 120 valence electrons. The van der Waals surface area contributed by atoms with Crippen LogP contribution in [0.1, 0.15) is 64.6 Å². The first-order chi connectivity index (χ1) is 10.1. The predicted molar refractivity (Wildman–Crippen MR) is 93.0 cm³/mol. The standard InChI is InChI=1S/C18H33N3/c1-6-8-12-21(13-9-7-2)18-11-10-17(16(5)20-18)14-19-15(3)4/h10-11,15,19H,6-9,12-14H2,1-5H3. The number of anilines is 1. The van der Waals surface area contributed by atoms with Crippen LogP contribution in [0.4, 0.5) is 5.82 Å². The molecule has 0 unspecified atom stereocenters. The van der Waals surface area contributed by atoms with Crippen molar-refractivity contribution in [2.75, 3.05) is 18.0 Å². The summed E-state index contributed by atoms with van der Waals surface area (Å²) in [6, 6.07) is 4.93. The number of unbranched alkanes of at least 4 members (excludes halogenated alkanes) is 2. The van der Waals surface area contributed by atoms with Crippen molar-refractivity contribution in [3.63, 3.8) is 0 Å². The normalized spacial score (nSPS) is 11.1. The summed E-state index contributed by atoms with van der Waals surface area (Å²) in [5.41, 5.74) is 2.46.